The lowest BCUT2D eigenvalue weighted by molar-refractivity contribution is 0.602. The van der Waals surface area contributed by atoms with Gasteiger partial charge in [0.2, 0.25) is 0 Å². The minimum Gasteiger partial charge on any atom is -0.365 e. The number of nitrogens with zero attached hydrogens (tertiary/aromatic N) is 3. The van der Waals surface area contributed by atoms with Crippen molar-refractivity contribution in [1.82, 2.24) is 9.97 Å². The van der Waals surface area contributed by atoms with Crippen LogP contribution >= 0.6 is 0 Å². The van der Waals surface area contributed by atoms with E-state index in [0.717, 1.165) is 11.8 Å². The predicted molar refractivity (Wildman–Crippen MR) is 124 cm³/mol. The maximum atomic E-state index is 13.6. The van der Waals surface area contributed by atoms with Gasteiger partial charge in [-0.15, -0.1) is 0 Å². The van der Waals surface area contributed by atoms with E-state index < -0.39 is 9.84 Å². The number of sulfone groups is 1. The fourth-order valence-corrected chi connectivity index (χ4v) is 3.98. The molecule has 0 fully saturated rings. The molecule has 0 saturated carbocycles. The Kier molecular flexibility index (Phi) is 6.16. The van der Waals surface area contributed by atoms with Crippen molar-refractivity contribution in [3.05, 3.63) is 96.1 Å². The number of anilines is 1. The molecule has 0 aliphatic rings. The van der Waals surface area contributed by atoms with Crippen LogP contribution < -0.4 is 5.32 Å². The van der Waals surface area contributed by atoms with E-state index in [1.54, 1.807) is 42.7 Å². The van der Waals surface area contributed by atoms with Gasteiger partial charge < -0.3 is 5.32 Å². The lowest BCUT2D eigenvalue weighted by Crippen LogP contribution is -2.05. The van der Waals surface area contributed by atoms with E-state index in [9.17, 15) is 18.1 Å². The molecule has 0 amide bonds. The summed E-state index contributed by atoms with van der Waals surface area (Å²) in [6.07, 6.45) is 4.51. The summed E-state index contributed by atoms with van der Waals surface area (Å²) in [7, 11) is -3.35. The lowest BCUT2D eigenvalue weighted by Gasteiger charge is -2.15. The fraction of sp³-hybridized carbons (Fsp3) is 0.0800. The highest BCUT2D eigenvalue weighted by atomic mass is 32.2. The number of hydrogen-bond donors (Lipinski definition) is 1. The largest absolute Gasteiger partial charge is 0.365 e. The van der Waals surface area contributed by atoms with Crippen LogP contribution in [0.1, 0.15) is 11.1 Å². The second-order valence-corrected chi connectivity index (χ2v) is 9.42. The van der Waals surface area contributed by atoms with Crippen molar-refractivity contribution in [1.29, 1.82) is 5.26 Å². The Bertz CT molecular complexity index is 1430. The van der Waals surface area contributed by atoms with E-state index in [1.165, 1.54) is 24.3 Å². The molecule has 164 valence electrons. The second-order valence-electron chi connectivity index (χ2n) is 7.40. The number of nitrogens with one attached hydrogen (secondary N) is 1. The average molecular weight is 459 g/mol. The maximum absolute atomic E-state index is 13.6. The predicted octanol–water partition coefficient (Wildman–Crippen LogP) is 4.84. The number of aromatic nitrogens is 2. The zero-order chi connectivity index (χ0) is 23.4. The Morgan fingerprint density at radius 2 is 1.61 bits per heavy atom. The molecule has 0 aliphatic heterocycles. The van der Waals surface area contributed by atoms with Gasteiger partial charge in [-0.2, -0.15) is 5.26 Å². The van der Waals surface area contributed by atoms with Crippen molar-refractivity contribution < 1.29 is 12.8 Å². The molecule has 1 N–H and O–H groups in total. The van der Waals surface area contributed by atoms with Gasteiger partial charge in [0.1, 0.15) is 17.7 Å². The van der Waals surface area contributed by atoms with Crippen molar-refractivity contribution in [2.75, 3.05) is 11.6 Å². The molecule has 2 aromatic carbocycles. The highest BCUT2D eigenvalue weighted by Crippen LogP contribution is 2.34. The second kappa shape index (κ2) is 9.18. The standard InChI is InChI=1S/C25H19FN4O2S/c1-33(31,32)22-8-4-18(5-9-22)23-14-20(15-27)25(29-16-17-10-12-28-13-11-17)30-24(23)19-2-6-21(26)7-3-19/h2-14H,16H2,1H3,(H,29,30). The Morgan fingerprint density at radius 1 is 0.970 bits per heavy atom. The van der Waals surface area contributed by atoms with Gasteiger partial charge >= 0.3 is 0 Å². The third-order valence-corrected chi connectivity index (χ3v) is 6.19. The topological polar surface area (TPSA) is 95.7 Å². The van der Waals surface area contributed by atoms with E-state index >= 15 is 0 Å². The summed E-state index contributed by atoms with van der Waals surface area (Å²) in [5.41, 5.74) is 3.82. The summed E-state index contributed by atoms with van der Waals surface area (Å²) in [5, 5.41) is 13.0. The molecule has 4 aromatic rings. The molecule has 0 spiro atoms. The van der Waals surface area contributed by atoms with Gasteiger partial charge in [0.15, 0.2) is 9.84 Å². The molecule has 0 aliphatic carbocycles. The molecular formula is C25H19FN4O2S. The van der Waals surface area contributed by atoms with E-state index in [2.05, 4.69) is 16.4 Å². The lowest BCUT2D eigenvalue weighted by atomic mass is 9.97. The Balaban J connectivity index is 1.82. The van der Waals surface area contributed by atoms with E-state index in [-0.39, 0.29) is 10.7 Å². The van der Waals surface area contributed by atoms with Crippen LogP contribution in [0, 0.1) is 17.1 Å². The van der Waals surface area contributed by atoms with Crippen LogP contribution in [-0.2, 0) is 16.4 Å². The number of rotatable bonds is 6. The summed E-state index contributed by atoms with van der Waals surface area (Å²) in [6.45, 7) is 0.440. The third kappa shape index (κ3) is 5.05. The van der Waals surface area contributed by atoms with Gasteiger partial charge in [0.05, 0.1) is 16.2 Å². The fourth-order valence-electron chi connectivity index (χ4n) is 3.35. The smallest absolute Gasteiger partial charge is 0.175 e. The molecule has 2 heterocycles. The molecule has 8 heteroatoms. The van der Waals surface area contributed by atoms with E-state index in [0.29, 0.717) is 40.3 Å². The summed E-state index contributed by atoms with van der Waals surface area (Å²) >= 11 is 0. The molecule has 6 nitrogen and oxygen atoms in total. The average Bonchev–Trinajstić information content (AvgIpc) is 2.83. The zero-order valence-corrected chi connectivity index (χ0v) is 18.5. The van der Waals surface area contributed by atoms with Gasteiger partial charge in [0, 0.05) is 36.3 Å². The minimum absolute atomic E-state index is 0.193. The monoisotopic (exact) mass is 458 g/mol. The van der Waals surface area contributed by atoms with Gasteiger partial charge in [-0.25, -0.2) is 17.8 Å². The van der Waals surface area contributed by atoms with Gasteiger partial charge in [-0.3, -0.25) is 4.98 Å². The summed E-state index contributed by atoms with van der Waals surface area (Å²) in [5.74, 6) is 0.0210. The molecule has 0 atom stereocenters. The quantitative estimate of drug-likeness (QED) is 0.444. The molecule has 0 bridgehead atoms. The van der Waals surface area contributed by atoms with Crippen LogP contribution in [0.2, 0.25) is 0 Å². The Hall–Kier alpha value is -4.09. The SMILES string of the molecule is CS(=O)(=O)c1ccc(-c2cc(C#N)c(NCc3ccncc3)nc2-c2ccc(F)cc2)cc1. The van der Waals surface area contributed by atoms with Crippen molar-refractivity contribution >= 4 is 15.7 Å². The Morgan fingerprint density at radius 3 is 2.21 bits per heavy atom. The van der Waals surface area contributed by atoms with Crippen LogP contribution in [0.5, 0.6) is 0 Å². The van der Waals surface area contributed by atoms with Gasteiger partial charge in [0.25, 0.3) is 0 Å². The first kappa shape index (κ1) is 22.1. The first-order valence-corrected chi connectivity index (χ1v) is 11.9. The van der Waals surface area contributed by atoms with Crippen LogP contribution in [0.25, 0.3) is 22.4 Å². The Labute approximate surface area is 191 Å². The number of pyridine rings is 2. The summed E-state index contributed by atoms with van der Waals surface area (Å²) in [6, 6.07) is 19.9. The molecule has 0 saturated heterocycles. The van der Waals surface area contributed by atoms with Gasteiger partial charge in [-0.1, -0.05) is 12.1 Å². The highest BCUT2D eigenvalue weighted by molar-refractivity contribution is 7.90. The summed E-state index contributed by atoms with van der Waals surface area (Å²) < 4.78 is 37.2. The molecule has 2 aromatic heterocycles. The molecule has 4 rings (SSSR count). The van der Waals surface area contributed by atoms with Crippen molar-refractivity contribution in [2.24, 2.45) is 0 Å². The van der Waals surface area contributed by atoms with Crippen LogP contribution in [0.15, 0.2) is 84.0 Å². The number of nitriles is 1. The normalized spacial score (nSPS) is 11.1. The van der Waals surface area contributed by atoms with Crippen molar-refractivity contribution in [3.63, 3.8) is 0 Å². The molecular weight excluding hydrogens is 439 g/mol. The third-order valence-electron chi connectivity index (χ3n) is 5.06. The first-order valence-electron chi connectivity index (χ1n) is 9.99. The maximum Gasteiger partial charge on any atom is 0.175 e. The molecule has 0 unspecified atom stereocenters. The number of hydrogen-bond acceptors (Lipinski definition) is 6. The van der Waals surface area contributed by atoms with Crippen molar-refractivity contribution in [3.8, 4) is 28.5 Å². The number of benzene rings is 2. The van der Waals surface area contributed by atoms with Gasteiger partial charge in [-0.05, 0) is 65.7 Å². The number of halogens is 1. The zero-order valence-electron chi connectivity index (χ0n) is 17.7. The molecule has 0 radical (unpaired) electrons. The van der Waals surface area contributed by atoms with Crippen LogP contribution in [0.3, 0.4) is 0 Å². The van der Waals surface area contributed by atoms with Crippen LogP contribution in [-0.4, -0.2) is 24.6 Å². The molecule has 33 heavy (non-hydrogen) atoms. The highest BCUT2D eigenvalue weighted by Gasteiger charge is 2.16. The van der Waals surface area contributed by atoms with Crippen molar-refractivity contribution in [2.45, 2.75) is 11.4 Å². The first-order chi connectivity index (χ1) is 15.8. The van der Waals surface area contributed by atoms with Crippen LogP contribution in [0.4, 0.5) is 10.2 Å². The van der Waals surface area contributed by atoms with E-state index in [1.807, 2.05) is 12.1 Å². The minimum atomic E-state index is -3.35. The summed E-state index contributed by atoms with van der Waals surface area (Å²) in [4.78, 5) is 8.91. The van der Waals surface area contributed by atoms with E-state index in [4.69, 9.17) is 4.98 Å².